The van der Waals surface area contributed by atoms with Gasteiger partial charge in [-0.2, -0.15) is 0 Å². The van der Waals surface area contributed by atoms with E-state index in [1.165, 1.54) is 9.75 Å². The predicted octanol–water partition coefficient (Wildman–Crippen LogP) is 3.00. The highest BCUT2D eigenvalue weighted by Gasteiger charge is 1.98. The first-order valence-electron chi connectivity index (χ1n) is 5.56. The van der Waals surface area contributed by atoms with Crippen molar-refractivity contribution in [3.05, 3.63) is 52.0 Å². The van der Waals surface area contributed by atoms with Crippen LogP contribution in [0.2, 0.25) is 0 Å². The molecule has 0 amide bonds. The first-order chi connectivity index (χ1) is 7.88. The lowest BCUT2D eigenvalue weighted by Crippen LogP contribution is -2.12. The topological polar surface area (TPSA) is 24.9 Å². The zero-order valence-electron chi connectivity index (χ0n) is 9.44. The van der Waals surface area contributed by atoms with Crippen molar-refractivity contribution in [1.82, 2.24) is 10.3 Å². The molecule has 2 aromatic rings. The third kappa shape index (κ3) is 3.15. The maximum atomic E-state index is 4.27. The third-order valence-corrected chi connectivity index (χ3v) is 3.63. The minimum atomic E-state index is 0.834. The molecule has 0 aliphatic carbocycles. The molecule has 84 valence electrons. The van der Waals surface area contributed by atoms with Gasteiger partial charge in [-0.25, -0.2) is 0 Å². The molecule has 2 aromatic heterocycles. The van der Waals surface area contributed by atoms with Crippen LogP contribution >= 0.6 is 11.3 Å². The lowest BCUT2D eigenvalue weighted by Gasteiger charge is -2.01. The van der Waals surface area contributed by atoms with E-state index in [1.807, 2.05) is 35.7 Å². The summed E-state index contributed by atoms with van der Waals surface area (Å²) in [5.41, 5.74) is 1.09. The number of hydrogen-bond acceptors (Lipinski definition) is 3. The zero-order chi connectivity index (χ0) is 11.2. The third-order valence-electron chi connectivity index (χ3n) is 2.40. The van der Waals surface area contributed by atoms with Crippen LogP contribution in [-0.4, -0.2) is 4.98 Å². The lowest BCUT2D eigenvalue weighted by atomic mass is 10.3. The Bertz CT molecular complexity index is 423. The van der Waals surface area contributed by atoms with Crippen LogP contribution in [0.1, 0.15) is 22.4 Å². The highest BCUT2D eigenvalue weighted by atomic mass is 32.1. The van der Waals surface area contributed by atoms with E-state index in [4.69, 9.17) is 0 Å². The fraction of sp³-hybridized carbons (Fsp3) is 0.308. The molecule has 0 bridgehead atoms. The van der Waals surface area contributed by atoms with Crippen LogP contribution in [0.15, 0.2) is 36.5 Å². The van der Waals surface area contributed by atoms with Crippen molar-refractivity contribution in [2.45, 2.75) is 26.4 Å². The highest BCUT2D eigenvalue weighted by Crippen LogP contribution is 2.16. The van der Waals surface area contributed by atoms with Gasteiger partial charge >= 0.3 is 0 Å². The molecule has 3 heteroatoms. The first-order valence-corrected chi connectivity index (χ1v) is 6.38. The minimum Gasteiger partial charge on any atom is -0.306 e. The second-order valence-corrected chi connectivity index (χ2v) is 4.90. The summed E-state index contributed by atoms with van der Waals surface area (Å²) in [6.45, 7) is 3.96. The number of nitrogens with one attached hydrogen (secondary N) is 1. The Morgan fingerprint density at radius 1 is 1.12 bits per heavy atom. The van der Waals surface area contributed by atoms with Crippen LogP contribution in [-0.2, 0) is 19.5 Å². The summed E-state index contributed by atoms with van der Waals surface area (Å²) in [7, 11) is 0. The van der Waals surface area contributed by atoms with E-state index in [-0.39, 0.29) is 0 Å². The number of nitrogens with zero attached hydrogens (tertiary/aromatic N) is 1. The van der Waals surface area contributed by atoms with Gasteiger partial charge < -0.3 is 5.32 Å². The molecule has 2 heterocycles. The second-order valence-electron chi connectivity index (χ2n) is 3.65. The van der Waals surface area contributed by atoms with Crippen LogP contribution < -0.4 is 5.32 Å². The van der Waals surface area contributed by atoms with Crippen LogP contribution in [0.5, 0.6) is 0 Å². The molecule has 0 aliphatic rings. The van der Waals surface area contributed by atoms with E-state index < -0.39 is 0 Å². The van der Waals surface area contributed by atoms with Crippen molar-refractivity contribution < 1.29 is 0 Å². The number of aromatic nitrogens is 1. The Balaban J connectivity index is 1.80. The van der Waals surface area contributed by atoms with E-state index in [2.05, 4.69) is 29.4 Å². The first kappa shape index (κ1) is 11.3. The van der Waals surface area contributed by atoms with Crippen molar-refractivity contribution in [3.63, 3.8) is 0 Å². The van der Waals surface area contributed by atoms with E-state index in [0.29, 0.717) is 0 Å². The molecule has 1 N–H and O–H groups in total. The van der Waals surface area contributed by atoms with Gasteiger partial charge in [0.15, 0.2) is 0 Å². The Morgan fingerprint density at radius 3 is 2.69 bits per heavy atom. The van der Waals surface area contributed by atoms with E-state index in [9.17, 15) is 0 Å². The number of thiophene rings is 1. The molecule has 0 atom stereocenters. The molecule has 0 unspecified atom stereocenters. The Morgan fingerprint density at radius 2 is 2.00 bits per heavy atom. The monoisotopic (exact) mass is 232 g/mol. The normalized spacial score (nSPS) is 10.6. The van der Waals surface area contributed by atoms with Gasteiger partial charge in [-0.3, -0.25) is 4.98 Å². The molecule has 2 rings (SSSR count). The molecule has 0 saturated carbocycles. The molecular weight excluding hydrogens is 216 g/mol. The summed E-state index contributed by atoms with van der Waals surface area (Å²) in [4.78, 5) is 7.12. The minimum absolute atomic E-state index is 0.834. The van der Waals surface area contributed by atoms with E-state index in [0.717, 1.165) is 25.2 Å². The SMILES string of the molecule is CCc1ccc(CNCc2ccccn2)s1. The van der Waals surface area contributed by atoms with Gasteiger partial charge in [0.25, 0.3) is 0 Å². The summed E-state index contributed by atoms with van der Waals surface area (Å²) in [6.07, 6.45) is 2.96. The molecule has 0 spiro atoms. The molecule has 0 fully saturated rings. The van der Waals surface area contributed by atoms with Gasteiger partial charge in [-0.15, -0.1) is 11.3 Å². The largest absolute Gasteiger partial charge is 0.306 e. The lowest BCUT2D eigenvalue weighted by molar-refractivity contribution is 0.686. The Kier molecular flexibility index (Phi) is 4.08. The van der Waals surface area contributed by atoms with Gasteiger partial charge in [-0.1, -0.05) is 13.0 Å². The maximum absolute atomic E-state index is 4.27. The van der Waals surface area contributed by atoms with Gasteiger partial charge in [0.2, 0.25) is 0 Å². The van der Waals surface area contributed by atoms with Crippen LogP contribution in [0.25, 0.3) is 0 Å². The predicted molar refractivity (Wildman–Crippen MR) is 68.5 cm³/mol. The Hall–Kier alpha value is -1.19. The standard InChI is InChI=1S/C13H16N2S/c1-2-12-6-7-13(16-12)10-14-9-11-5-3-4-8-15-11/h3-8,14H,2,9-10H2,1H3. The number of hydrogen-bond donors (Lipinski definition) is 1. The fourth-order valence-corrected chi connectivity index (χ4v) is 2.45. The van der Waals surface area contributed by atoms with Gasteiger partial charge in [0, 0.05) is 29.0 Å². The van der Waals surface area contributed by atoms with Crippen molar-refractivity contribution >= 4 is 11.3 Å². The summed E-state index contributed by atoms with van der Waals surface area (Å²) in [5.74, 6) is 0. The van der Waals surface area contributed by atoms with E-state index in [1.54, 1.807) is 0 Å². The molecule has 0 aliphatic heterocycles. The highest BCUT2D eigenvalue weighted by molar-refractivity contribution is 7.11. The van der Waals surface area contributed by atoms with Gasteiger partial charge in [0.05, 0.1) is 5.69 Å². The molecule has 2 nitrogen and oxygen atoms in total. The summed E-state index contributed by atoms with van der Waals surface area (Å²) < 4.78 is 0. The fourth-order valence-electron chi connectivity index (χ4n) is 1.52. The molecule has 0 aromatic carbocycles. The smallest absolute Gasteiger partial charge is 0.0541 e. The number of pyridine rings is 1. The summed E-state index contributed by atoms with van der Waals surface area (Å²) in [6, 6.07) is 10.4. The number of aryl methyl sites for hydroxylation is 1. The average Bonchev–Trinajstić information content (AvgIpc) is 2.78. The van der Waals surface area contributed by atoms with Crippen LogP contribution in [0, 0.1) is 0 Å². The molecule has 16 heavy (non-hydrogen) atoms. The second kappa shape index (κ2) is 5.77. The van der Waals surface area contributed by atoms with Gasteiger partial charge in [-0.05, 0) is 30.7 Å². The van der Waals surface area contributed by atoms with Crippen molar-refractivity contribution in [2.24, 2.45) is 0 Å². The van der Waals surface area contributed by atoms with E-state index >= 15 is 0 Å². The maximum Gasteiger partial charge on any atom is 0.0541 e. The van der Waals surface area contributed by atoms with Crippen LogP contribution in [0.4, 0.5) is 0 Å². The zero-order valence-corrected chi connectivity index (χ0v) is 10.3. The summed E-state index contributed by atoms with van der Waals surface area (Å²) in [5, 5.41) is 3.40. The summed E-state index contributed by atoms with van der Waals surface area (Å²) >= 11 is 1.89. The van der Waals surface area contributed by atoms with Crippen LogP contribution in [0.3, 0.4) is 0 Å². The van der Waals surface area contributed by atoms with Crippen molar-refractivity contribution in [3.8, 4) is 0 Å². The average molecular weight is 232 g/mol. The molecular formula is C13H16N2S. The quantitative estimate of drug-likeness (QED) is 0.857. The van der Waals surface area contributed by atoms with Crippen molar-refractivity contribution in [2.75, 3.05) is 0 Å². The molecule has 0 radical (unpaired) electrons. The Labute approximate surface area is 100 Å². The van der Waals surface area contributed by atoms with Crippen molar-refractivity contribution in [1.29, 1.82) is 0 Å². The van der Waals surface area contributed by atoms with Gasteiger partial charge in [0.1, 0.15) is 0 Å². The molecule has 0 saturated heterocycles. The number of rotatable bonds is 5.